The molecule has 0 aliphatic heterocycles. The van der Waals surface area contributed by atoms with Crippen molar-refractivity contribution in [3.05, 3.63) is 21.9 Å². The Labute approximate surface area is 118 Å². The van der Waals surface area contributed by atoms with Crippen LogP contribution in [0.25, 0.3) is 0 Å². The van der Waals surface area contributed by atoms with E-state index in [0.29, 0.717) is 0 Å². The van der Waals surface area contributed by atoms with Gasteiger partial charge in [-0.25, -0.2) is 0 Å². The van der Waals surface area contributed by atoms with Crippen LogP contribution in [-0.4, -0.2) is 56.4 Å². The first-order chi connectivity index (χ1) is 9.11. The number of nitrogens with zero attached hydrogens (tertiary/aromatic N) is 1. The van der Waals surface area contributed by atoms with E-state index in [1.165, 1.54) is 4.88 Å². The number of nitrogens with one attached hydrogen (secondary N) is 1. The van der Waals surface area contributed by atoms with Gasteiger partial charge in [-0.1, -0.05) is 0 Å². The van der Waals surface area contributed by atoms with Gasteiger partial charge in [0.1, 0.15) is 0 Å². The monoisotopic (exact) mass is 286 g/mol. The highest BCUT2D eigenvalue weighted by molar-refractivity contribution is 7.12. The summed E-state index contributed by atoms with van der Waals surface area (Å²) in [6, 6.07) is 3.88. The van der Waals surface area contributed by atoms with E-state index < -0.39 is 5.97 Å². The van der Waals surface area contributed by atoms with Crippen LogP contribution in [0, 0.1) is 0 Å². The highest BCUT2D eigenvalue weighted by Crippen LogP contribution is 2.16. The van der Waals surface area contributed by atoms with E-state index in [0.717, 1.165) is 37.7 Å². The van der Waals surface area contributed by atoms with Crippen LogP contribution in [0.1, 0.15) is 9.75 Å². The fourth-order valence-corrected chi connectivity index (χ4v) is 2.58. The minimum absolute atomic E-state index is 0.115. The summed E-state index contributed by atoms with van der Waals surface area (Å²) < 4.78 is 5.01. The lowest BCUT2D eigenvalue weighted by molar-refractivity contribution is -0.136. The molecule has 0 saturated heterocycles. The van der Waals surface area contributed by atoms with Crippen molar-refractivity contribution in [2.75, 3.05) is 40.4 Å². The molecule has 0 radical (unpaired) electrons. The predicted octanol–water partition coefficient (Wildman–Crippen LogP) is 1.04. The minimum atomic E-state index is -0.777. The lowest BCUT2D eigenvalue weighted by atomic mass is 10.3. The fraction of sp³-hybridized carbons (Fsp3) is 0.615. The SMILES string of the molecule is COCCN(C)CCNCc1ccc(CC(=O)O)s1. The summed E-state index contributed by atoms with van der Waals surface area (Å²) in [5, 5.41) is 12.1. The minimum Gasteiger partial charge on any atom is -0.481 e. The first-order valence-corrected chi connectivity index (χ1v) is 7.11. The number of carboxylic acid groups (broad SMARTS) is 1. The predicted molar refractivity (Wildman–Crippen MR) is 76.7 cm³/mol. The van der Waals surface area contributed by atoms with Gasteiger partial charge in [0, 0.05) is 43.0 Å². The highest BCUT2D eigenvalue weighted by atomic mass is 32.1. The van der Waals surface area contributed by atoms with Crippen LogP contribution in [0.5, 0.6) is 0 Å². The molecule has 1 aromatic heterocycles. The second-order valence-corrected chi connectivity index (χ2v) is 5.66. The number of aliphatic carboxylic acids is 1. The average molecular weight is 286 g/mol. The van der Waals surface area contributed by atoms with Crippen LogP contribution < -0.4 is 5.32 Å². The van der Waals surface area contributed by atoms with Gasteiger partial charge in [-0.3, -0.25) is 4.79 Å². The number of ether oxygens (including phenoxy) is 1. The molecule has 0 aliphatic carbocycles. The van der Waals surface area contributed by atoms with Gasteiger partial charge in [-0.15, -0.1) is 11.3 Å². The van der Waals surface area contributed by atoms with E-state index in [9.17, 15) is 4.79 Å². The third-order valence-electron chi connectivity index (χ3n) is 2.69. The van der Waals surface area contributed by atoms with Crippen molar-refractivity contribution in [2.24, 2.45) is 0 Å². The Balaban J connectivity index is 2.15. The lowest BCUT2D eigenvalue weighted by Gasteiger charge is -2.15. The van der Waals surface area contributed by atoms with Crippen molar-refractivity contribution in [1.82, 2.24) is 10.2 Å². The van der Waals surface area contributed by atoms with Gasteiger partial charge in [0.15, 0.2) is 0 Å². The molecule has 19 heavy (non-hydrogen) atoms. The van der Waals surface area contributed by atoms with Crippen molar-refractivity contribution in [3.8, 4) is 0 Å². The van der Waals surface area contributed by atoms with E-state index >= 15 is 0 Å². The topological polar surface area (TPSA) is 61.8 Å². The van der Waals surface area contributed by atoms with Crippen LogP contribution in [-0.2, 0) is 22.5 Å². The van der Waals surface area contributed by atoms with Gasteiger partial charge >= 0.3 is 5.97 Å². The molecule has 0 spiro atoms. The summed E-state index contributed by atoms with van der Waals surface area (Å²) in [4.78, 5) is 14.9. The zero-order valence-electron chi connectivity index (χ0n) is 11.5. The molecule has 0 amide bonds. The van der Waals surface area contributed by atoms with Crippen molar-refractivity contribution in [1.29, 1.82) is 0 Å². The van der Waals surface area contributed by atoms with Gasteiger partial charge in [0.25, 0.3) is 0 Å². The number of methoxy groups -OCH3 is 1. The molecular formula is C13H22N2O3S. The Morgan fingerprint density at radius 2 is 2.16 bits per heavy atom. The molecule has 6 heteroatoms. The van der Waals surface area contributed by atoms with Crippen LogP contribution in [0.15, 0.2) is 12.1 Å². The number of likely N-dealkylation sites (N-methyl/N-ethyl adjacent to an activating group) is 1. The molecule has 0 bridgehead atoms. The largest absolute Gasteiger partial charge is 0.481 e. The summed E-state index contributed by atoms with van der Waals surface area (Å²) in [6.45, 7) is 4.35. The third kappa shape index (κ3) is 7.27. The van der Waals surface area contributed by atoms with Gasteiger partial charge in [-0.05, 0) is 19.2 Å². The van der Waals surface area contributed by atoms with Crippen molar-refractivity contribution >= 4 is 17.3 Å². The lowest BCUT2D eigenvalue weighted by Crippen LogP contribution is -2.31. The average Bonchev–Trinajstić information content (AvgIpc) is 2.79. The zero-order valence-corrected chi connectivity index (χ0v) is 12.3. The number of carbonyl (C=O) groups is 1. The molecule has 0 unspecified atom stereocenters. The number of hydrogen-bond donors (Lipinski definition) is 2. The Bertz CT molecular complexity index is 382. The summed E-state index contributed by atoms with van der Waals surface area (Å²) in [5.74, 6) is -0.777. The second kappa shape index (κ2) is 9.03. The normalized spacial score (nSPS) is 11.1. The van der Waals surface area contributed by atoms with E-state index in [-0.39, 0.29) is 6.42 Å². The van der Waals surface area contributed by atoms with E-state index in [4.69, 9.17) is 9.84 Å². The van der Waals surface area contributed by atoms with E-state index in [1.54, 1.807) is 18.4 Å². The molecule has 1 aromatic rings. The maximum Gasteiger partial charge on any atom is 0.308 e. The summed E-state index contributed by atoms with van der Waals surface area (Å²) in [7, 11) is 3.77. The maximum atomic E-state index is 10.6. The summed E-state index contributed by atoms with van der Waals surface area (Å²) in [6.07, 6.45) is 0.115. The first kappa shape index (κ1) is 16.1. The number of carboxylic acids is 1. The molecule has 0 aromatic carbocycles. The summed E-state index contributed by atoms with van der Waals surface area (Å²) >= 11 is 1.56. The van der Waals surface area contributed by atoms with Gasteiger partial charge in [0.2, 0.25) is 0 Å². The number of rotatable bonds is 10. The fourth-order valence-electron chi connectivity index (χ4n) is 1.60. The molecule has 0 aliphatic rings. The Kier molecular flexibility index (Phi) is 7.66. The molecule has 2 N–H and O–H groups in total. The Hall–Kier alpha value is -0.950. The zero-order chi connectivity index (χ0) is 14.1. The van der Waals surface area contributed by atoms with Gasteiger partial charge in [0.05, 0.1) is 13.0 Å². The molecule has 1 heterocycles. The van der Waals surface area contributed by atoms with Crippen LogP contribution in [0.2, 0.25) is 0 Å². The molecule has 0 saturated carbocycles. The maximum absolute atomic E-state index is 10.6. The number of hydrogen-bond acceptors (Lipinski definition) is 5. The Morgan fingerprint density at radius 3 is 2.84 bits per heavy atom. The molecule has 0 atom stereocenters. The van der Waals surface area contributed by atoms with Crippen LogP contribution >= 0.6 is 11.3 Å². The third-order valence-corrected chi connectivity index (χ3v) is 3.77. The highest BCUT2D eigenvalue weighted by Gasteiger charge is 2.04. The molecule has 0 fully saturated rings. The molecule has 1 rings (SSSR count). The Morgan fingerprint density at radius 1 is 1.42 bits per heavy atom. The summed E-state index contributed by atoms with van der Waals surface area (Å²) in [5.41, 5.74) is 0. The molecule has 108 valence electrons. The first-order valence-electron chi connectivity index (χ1n) is 6.29. The van der Waals surface area contributed by atoms with Gasteiger partial charge in [-0.2, -0.15) is 0 Å². The smallest absolute Gasteiger partial charge is 0.308 e. The standard InChI is InChI=1S/C13H22N2O3S/c1-15(7-8-18-2)6-5-14-10-12-4-3-11(19-12)9-13(16)17/h3-4,14H,5-10H2,1-2H3,(H,16,17). The molecular weight excluding hydrogens is 264 g/mol. The van der Waals surface area contributed by atoms with E-state index in [1.807, 2.05) is 12.1 Å². The molecule has 5 nitrogen and oxygen atoms in total. The van der Waals surface area contributed by atoms with Crippen molar-refractivity contribution in [2.45, 2.75) is 13.0 Å². The van der Waals surface area contributed by atoms with E-state index in [2.05, 4.69) is 17.3 Å². The van der Waals surface area contributed by atoms with Crippen molar-refractivity contribution in [3.63, 3.8) is 0 Å². The van der Waals surface area contributed by atoms with Crippen LogP contribution in [0.4, 0.5) is 0 Å². The van der Waals surface area contributed by atoms with Crippen molar-refractivity contribution < 1.29 is 14.6 Å². The van der Waals surface area contributed by atoms with Gasteiger partial charge < -0.3 is 20.1 Å². The number of thiophene rings is 1. The van der Waals surface area contributed by atoms with Crippen LogP contribution in [0.3, 0.4) is 0 Å². The quantitative estimate of drug-likeness (QED) is 0.629. The second-order valence-electron chi connectivity index (χ2n) is 4.41.